The highest BCUT2D eigenvalue weighted by atomic mass is 79.9. The predicted octanol–water partition coefficient (Wildman–Crippen LogP) is 2.19. The number of carbonyl (C=O) groups is 2. The lowest BCUT2D eigenvalue weighted by molar-refractivity contribution is -0.136. The topological polar surface area (TPSA) is 71.8 Å². The molecule has 1 aliphatic rings. The molecular formula is C12H13BrN2O4. The van der Waals surface area contributed by atoms with E-state index < -0.39 is 12.0 Å². The Kier molecular flexibility index (Phi) is 3.66. The average Bonchev–Trinajstić information content (AvgIpc) is 2.81. The van der Waals surface area contributed by atoms with E-state index in [1.165, 1.54) is 12.0 Å². The third kappa shape index (κ3) is 2.37. The van der Waals surface area contributed by atoms with Crippen molar-refractivity contribution in [1.82, 2.24) is 10.2 Å². The number of hydrogen-bond acceptors (Lipinski definition) is 4. The molecule has 1 atom stereocenters. The van der Waals surface area contributed by atoms with Crippen molar-refractivity contribution >= 4 is 27.9 Å². The lowest BCUT2D eigenvalue weighted by Crippen LogP contribution is -2.46. The molecule has 1 aliphatic heterocycles. The van der Waals surface area contributed by atoms with E-state index in [-0.39, 0.29) is 6.03 Å². The van der Waals surface area contributed by atoms with Gasteiger partial charge >= 0.3 is 12.0 Å². The maximum absolute atomic E-state index is 11.9. The van der Waals surface area contributed by atoms with Crippen molar-refractivity contribution in [3.63, 3.8) is 0 Å². The van der Waals surface area contributed by atoms with Crippen LogP contribution in [0.4, 0.5) is 4.79 Å². The molecule has 0 bridgehead atoms. The van der Waals surface area contributed by atoms with Gasteiger partial charge in [0.2, 0.25) is 0 Å². The Morgan fingerprint density at radius 2 is 2.21 bits per heavy atom. The SMILES string of the molecule is COC(=O)C1=C(C)N(C)C(=O)N[C@H]1c1ccc(Br)o1. The zero-order valence-corrected chi connectivity index (χ0v) is 12.3. The first-order valence-corrected chi connectivity index (χ1v) is 6.33. The fraction of sp³-hybridized carbons (Fsp3) is 0.333. The maximum atomic E-state index is 11.9. The van der Waals surface area contributed by atoms with Crippen LogP contribution in [-0.4, -0.2) is 31.1 Å². The van der Waals surface area contributed by atoms with Gasteiger partial charge in [-0.05, 0) is 35.0 Å². The van der Waals surface area contributed by atoms with Crippen LogP contribution in [0.2, 0.25) is 0 Å². The number of esters is 1. The molecule has 0 aliphatic carbocycles. The molecule has 0 spiro atoms. The van der Waals surface area contributed by atoms with Gasteiger partial charge in [0.1, 0.15) is 11.8 Å². The Bertz CT molecular complexity index is 564. The van der Waals surface area contributed by atoms with Crippen LogP contribution in [0.5, 0.6) is 0 Å². The summed E-state index contributed by atoms with van der Waals surface area (Å²) in [6.45, 7) is 1.69. The van der Waals surface area contributed by atoms with Gasteiger partial charge < -0.3 is 19.4 Å². The average molecular weight is 329 g/mol. The summed E-state index contributed by atoms with van der Waals surface area (Å²) >= 11 is 3.19. The molecule has 0 radical (unpaired) electrons. The van der Waals surface area contributed by atoms with Crippen molar-refractivity contribution in [3.8, 4) is 0 Å². The Morgan fingerprint density at radius 1 is 1.53 bits per heavy atom. The number of allylic oxidation sites excluding steroid dienone is 1. The molecule has 102 valence electrons. The van der Waals surface area contributed by atoms with Crippen LogP contribution in [0.15, 0.2) is 32.5 Å². The Morgan fingerprint density at radius 3 is 2.74 bits per heavy atom. The van der Waals surface area contributed by atoms with E-state index in [0.29, 0.717) is 21.7 Å². The molecule has 2 rings (SSSR count). The highest BCUT2D eigenvalue weighted by Crippen LogP contribution is 2.32. The van der Waals surface area contributed by atoms with Crippen molar-refractivity contribution in [1.29, 1.82) is 0 Å². The van der Waals surface area contributed by atoms with Crippen molar-refractivity contribution in [2.24, 2.45) is 0 Å². The van der Waals surface area contributed by atoms with Gasteiger partial charge in [0.25, 0.3) is 0 Å². The monoisotopic (exact) mass is 328 g/mol. The quantitative estimate of drug-likeness (QED) is 0.844. The summed E-state index contributed by atoms with van der Waals surface area (Å²) in [5, 5.41) is 2.71. The van der Waals surface area contributed by atoms with E-state index in [1.54, 1.807) is 26.1 Å². The minimum atomic E-state index is -0.651. The summed E-state index contributed by atoms with van der Waals surface area (Å²) in [6, 6.07) is 2.44. The zero-order valence-electron chi connectivity index (χ0n) is 10.7. The van der Waals surface area contributed by atoms with Gasteiger partial charge in [-0.25, -0.2) is 9.59 Å². The molecule has 0 aromatic carbocycles. The van der Waals surface area contributed by atoms with Crippen LogP contribution in [0.3, 0.4) is 0 Å². The van der Waals surface area contributed by atoms with Crippen LogP contribution < -0.4 is 5.32 Å². The summed E-state index contributed by atoms with van der Waals surface area (Å²) in [5.41, 5.74) is 0.888. The van der Waals surface area contributed by atoms with Gasteiger partial charge in [-0.2, -0.15) is 0 Å². The first kappa shape index (κ1) is 13.7. The molecule has 0 saturated carbocycles. The van der Waals surface area contributed by atoms with E-state index >= 15 is 0 Å². The van der Waals surface area contributed by atoms with Crippen LogP contribution in [0.25, 0.3) is 0 Å². The van der Waals surface area contributed by atoms with Crippen LogP contribution in [-0.2, 0) is 9.53 Å². The van der Waals surface area contributed by atoms with E-state index in [1.807, 2.05) is 0 Å². The number of amides is 2. The van der Waals surface area contributed by atoms with Crippen molar-refractivity contribution in [2.75, 3.05) is 14.2 Å². The molecule has 2 amide bonds. The van der Waals surface area contributed by atoms with Crippen LogP contribution in [0.1, 0.15) is 18.7 Å². The lowest BCUT2D eigenvalue weighted by atomic mass is 10.0. The number of ether oxygens (including phenoxy) is 1. The van der Waals surface area contributed by atoms with Gasteiger partial charge in [0.05, 0.1) is 12.7 Å². The summed E-state index contributed by atoms with van der Waals surface area (Å²) in [5.74, 6) is -0.0325. The fourth-order valence-corrected chi connectivity index (χ4v) is 2.23. The predicted molar refractivity (Wildman–Crippen MR) is 70.2 cm³/mol. The molecule has 0 saturated heterocycles. The number of rotatable bonds is 2. The number of urea groups is 1. The van der Waals surface area contributed by atoms with Gasteiger partial charge in [-0.15, -0.1) is 0 Å². The number of furan rings is 1. The molecule has 1 N–H and O–H groups in total. The number of nitrogens with zero attached hydrogens (tertiary/aromatic N) is 1. The highest BCUT2D eigenvalue weighted by molar-refractivity contribution is 9.10. The Labute approximate surface area is 118 Å². The number of halogens is 1. The Balaban J connectivity index is 2.51. The second kappa shape index (κ2) is 5.08. The van der Waals surface area contributed by atoms with E-state index in [2.05, 4.69) is 21.2 Å². The van der Waals surface area contributed by atoms with Gasteiger partial charge in [-0.3, -0.25) is 0 Å². The Hall–Kier alpha value is -1.76. The molecule has 2 heterocycles. The molecule has 1 aromatic heterocycles. The van der Waals surface area contributed by atoms with E-state index in [9.17, 15) is 9.59 Å². The van der Waals surface area contributed by atoms with Gasteiger partial charge in [0, 0.05) is 12.7 Å². The molecule has 6 nitrogen and oxygen atoms in total. The third-order valence-corrected chi connectivity index (χ3v) is 3.46. The summed E-state index contributed by atoms with van der Waals surface area (Å²) in [7, 11) is 2.88. The first-order chi connectivity index (χ1) is 8.95. The fourth-order valence-electron chi connectivity index (χ4n) is 1.91. The molecule has 0 unspecified atom stereocenters. The molecule has 1 aromatic rings. The van der Waals surface area contributed by atoms with E-state index in [4.69, 9.17) is 9.15 Å². The lowest BCUT2D eigenvalue weighted by Gasteiger charge is -2.31. The second-order valence-electron chi connectivity index (χ2n) is 4.07. The third-order valence-electron chi connectivity index (χ3n) is 3.04. The summed E-state index contributed by atoms with van der Waals surface area (Å²) in [6.07, 6.45) is 0. The number of hydrogen-bond donors (Lipinski definition) is 1. The smallest absolute Gasteiger partial charge is 0.338 e. The number of methoxy groups -OCH3 is 1. The zero-order chi connectivity index (χ0) is 14.2. The van der Waals surface area contributed by atoms with Crippen molar-refractivity contribution in [3.05, 3.63) is 33.8 Å². The van der Waals surface area contributed by atoms with Crippen LogP contribution in [0, 0.1) is 0 Å². The second-order valence-corrected chi connectivity index (χ2v) is 4.86. The normalized spacial score (nSPS) is 19.5. The molecule has 19 heavy (non-hydrogen) atoms. The minimum Gasteiger partial charge on any atom is -0.466 e. The highest BCUT2D eigenvalue weighted by Gasteiger charge is 2.36. The minimum absolute atomic E-state index is 0.303. The van der Waals surface area contributed by atoms with Gasteiger partial charge in [-0.1, -0.05) is 0 Å². The largest absolute Gasteiger partial charge is 0.466 e. The number of nitrogens with one attached hydrogen (secondary N) is 1. The van der Waals surface area contributed by atoms with E-state index in [0.717, 1.165) is 0 Å². The van der Waals surface area contributed by atoms with Crippen molar-refractivity contribution < 1.29 is 18.7 Å². The standard InChI is InChI=1S/C12H13BrN2O4/c1-6-9(11(16)18-3)10(14-12(17)15(6)2)7-4-5-8(13)19-7/h4-5,10H,1-3H3,(H,14,17)/t10-/m0/s1. The molecular weight excluding hydrogens is 316 g/mol. The number of carbonyl (C=O) groups excluding carboxylic acids is 2. The summed E-state index contributed by atoms with van der Waals surface area (Å²) < 4.78 is 10.7. The van der Waals surface area contributed by atoms with Crippen molar-refractivity contribution in [2.45, 2.75) is 13.0 Å². The van der Waals surface area contributed by atoms with Crippen LogP contribution >= 0.6 is 15.9 Å². The summed E-state index contributed by atoms with van der Waals surface area (Å²) in [4.78, 5) is 25.1. The first-order valence-electron chi connectivity index (χ1n) is 5.54. The molecule has 7 heteroatoms. The molecule has 0 fully saturated rings. The maximum Gasteiger partial charge on any atom is 0.338 e. The van der Waals surface area contributed by atoms with Gasteiger partial charge in [0.15, 0.2) is 4.67 Å².